The van der Waals surface area contributed by atoms with Crippen LogP contribution in [0.2, 0.25) is 0 Å². The van der Waals surface area contributed by atoms with Gasteiger partial charge in [0.2, 0.25) is 0 Å². The van der Waals surface area contributed by atoms with Crippen molar-refractivity contribution in [3.8, 4) is 0 Å². The molecule has 1 unspecified atom stereocenters. The number of ether oxygens (including phenoxy) is 1. The van der Waals surface area contributed by atoms with Crippen LogP contribution in [-0.2, 0) is 17.8 Å². The summed E-state index contributed by atoms with van der Waals surface area (Å²) in [5.74, 6) is 0. The van der Waals surface area contributed by atoms with Crippen LogP contribution in [0.3, 0.4) is 0 Å². The highest BCUT2D eigenvalue weighted by atomic mass is 32.1. The number of carbonyl (C=O) groups excluding carboxylic acids is 1. The molecule has 0 spiro atoms. The summed E-state index contributed by atoms with van der Waals surface area (Å²) in [7, 11) is 0. The summed E-state index contributed by atoms with van der Waals surface area (Å²) >= 11 is 1.47. The Bertz CT molecular complexity index is 546. The van der Waals surface area contributed by atoms with E-state index < -0.39 is 6.09 Å². The van der Waals surface area contributed by atoms with Crippen LogP contribution in [0.4, 0.5) is 4.79 Å². The van der Waals surface area contributed by atoms with Gasteiger partial charge in [0.25, 0.3) is 0 Å². The average molecular weight is 319 g/mol. The van der Waals surface area contributed by atoms with E-state index >= 15 is 0 Å². The van der Waals surface area contributed by atoms with E-state index in [2.05, 4.69) is 22.4 Å². The monoisotopic (exact) mass is 319 g/mol. The second kappa shape index (κ2) is 9.17. The van der Waals surface area contributed by atoms with Gasteiger partial charge in [0.15, 0.2) is 0 Å². The molecule has 0 fully saturated rings. The fourth-order valence-corrected chi connectivity index (χ4v) is 2.58. The van der Waals surface area contributed by atoms with Gasteiger partial charge in [0, 0.05) is 18.8 Å². The number of nitrogens with one attached hydrogen (secondary N) is 1. The van der Waals surface area contributed by atoms with Crippen molar-refractivity contribution in [3.63, 3.8) is 0 Å². The number of benzene rings is 1. The maximum atomic E-state index is 11.5. The molecule has 5 nitrogen and oxygen atoms in total. The smallest absolute Gasteiger partial charge is 0.407 e. The number of amides is 1. The Balaban J connectivity index is 1.53. The molecular weight excluding hydrogens is 298 g/mol. The molecule has 2 aromatic rings. The lowest BCUT2D eigenvalue weighted by Gasteiger charge is -2.12. The van der Waals surface area contributed by atoms with Crippen molar-refractivity contribution in [2.24, 2.45) is 5.73 Å². The number of thiazole rings is 1. The van der Waals surface area contributed by atoms with Gasteiger partial charge in [-0.1, -0.05) is 30.3 Å². The molecule has 0 aliphatic carbocycles. The number of alkyl carbamates (subject to hydrolysis) is 1. The molecule has 1 aromatic carbocycles. The standard InChI is InChI=1S/C16H21N3O2S/c17-14(9-13-5-2-1-3-6-13)7-4-8-19-16(20)21-11-15-10-18-12-22-15/h1-3,5-6,10,12,14H,4,7-9,11,17H2,(H,19,20). The van der Waals surface area contributed by atoms with Crippen molar-refractivity contribution in [2.75, 3.05) is 6.54 Å². The molecule has 6 heteroatoms. The lowest BCUT2D eigenvalue weighted by Crippen LogP contribution is -2.28. The third-order valence-corrected chi connectivity index (χ3v) is 3.94. The largest absolute Gasteiger partial charge is 0.444 e. The van der Waals surface area contributed by atoms with Crippen LogP contribution < -0.4 is 11.1 Å². The van der Waals surface area contributed by atoms with E-state index in [1.165, 1.54) is 16.9 Å². The summed E-state index contributed by atoms with van der Waals surface area (Å²) in [5.41, 5.74) is 9.05. The Kier molecular flexibility index (Phi) is 6.86. The second-order valence-electron chi connectivity index (χ2n) is 5.06. The number of nitrogens with zero attached hydrogens (tertiary/aromatic N) is 1. The Hall–Kier alpha value is -1.92. The fourth-order valence-electron chi connectivity index (χ4n) is 2.07. The lowest BCUT2D eigenvalue weighted by molar-refractivity contribution is 0.140. The summed E-state index contributed by atoms with van der Waals surface area (Å²) in [6.07, 6.45) is 3.86. The zero-order valence-corrected chi connectivity index (χ0v) is 13.2. The van der Waals surface area contributed by atoms with Gasteiger partial charge in [-0.05, 0) is 24.8 Å². The molecule has 0 radical (unpaired) electrons. The van der Waals surface area contributed by atoms with Crippen molar-refractivity contribution >= 4 is 17.4 Å². The maximum absolute atomic E-state index is 11.5. The third-order valence-electron chi connectivity index (χ3n) is 3.19. The molecule has 1 atom stereocenters. The van der Waals surface area contributed by atoms with Crippen LogP contribution in [0.25, 0.3) is 0 Å². The van der Waals surface area contributed by atoms with Crippen LogP contribution in [0.1, 0.15) is 23.3 Å². The van der Waals surface area contributed by atoms with Gasteiger partial charge in [0.1, 0.15) is 6.61 Å². The van der Waals surface area contributed by atoms with Gasteiger partial charge in [0.05, 0.1) is 10.4 Å². The Morgan fingerprint density at radius 2 is 2.18 bits per heavy atom. The van der Waals surface area contributed by atoms with Gasteiger partial charge in [-0.25, -0.2) is 4.79 Å². The average Bonchev–Trinajstić information content (AvgIpc) is 3.04. The first-order chi connectivity index (χ1) is 10.7. The van der Waals surface area contributed by atoms with E-state index in [4.69, 9.17) is 10.5 Å². The van der Waals surface area contributed by atoms with Crippen molar-refractivity contribution < 1.29 is 9.53 Å². The normalized spacial score (nSPS) is 11.9. The minimum absolute atomic E-state index is 0.109. The Labute approximate surface area is 134 Å². The molecule has 1 aromatic heterocycles. The zero-order chi connectivity index (χ0) is 15.6. The molecule has 0 aliphatic rings. The summed E-state index contributed by atoms with van der Waals surface area (Å²) in [4.78, 5) is 16.3. The first-order valence-corrected chi connectivity index (χ1v) is 8.19. The molecule has 3 N–H and O–H groups in total. The number of rotatable bonds is 8. The van der Waals surface area contributed by atoms with Crippen molar-refractivity contribution in [1.82, 2.24) is 10.3 Å². The molecule has 1 amide bonds. The summed E-state index contributed by atoms with van der Waals surface area (Å²) in [6, 6.07) is 10.3. The highest BCUT2D eigenvalue weighted by Gasteiger charge is 2.06. The van der Waals surface area contributed by atoms with Crippen molar-refractivity contribution in [2.45, 2.75) is 31.9 Å². The molecule has 22 heavy (non-hydrogen) atoms. The molecule has 1 heterocycles. The van der Waals surface area contributed by atoms with E-state index in [0.29, 0.717) is 6.54 Å². The quantitative estimate of drug-likeness (QED) is 0.733. The molecule has 0 aliphatic heterocycles. The topological polar surface area (TPSA) is 77.2 Å². The Morgan fingerprint density at radius 3 is 2.91 bits per heavy atom. The number of aromatic nitrogens is 1. The van der Waals surface area contributed by atoms with E-state index in [1.54, 1.807) is 11.7 Å². The van der Waals surface area contributed by atoms with Crippen LogP contribution in [0, 0.1) is 0 Å². The summed E-state index contributed by atoms with van der Waals surface area (Å²) in [6.45, 7) is 0.841. The molecule has 118 valence electrons. The lowest BCUT2D eigenvalue weighted by atomic mass is 10.0. The van der Waals surface area contributed by atoms with Gasteiger partial charge >= 0.3 is 6.09 Å². The van der Waals surface area contributed by atoms with Crippen LogP contribution >= 0.6 is 11.3 Å². The SMILES string of the molecule is NC(CCCNC(=O)OCc1cncs1)Cc1ccccc1. The van der Waals surface area contributed by atoms with Crippen molar-refractivity contribution in [1.29, 1.82) is 0 Å². The predicted octanol–water partition coefficient (Wildman–Crippen LogP) is 2.72. The van der Waals surface area contributed by atoms with E-state index in [1.807, 2.05) is 18.2 Å². The minimum Gasteiger partial charge on any atom is -0.444 e. The fraction of sp³-hybridized carbons (Fsp3) is 0.375. The highest BCUT2D eigenvalue weighted by Crippen LogP contribution is 2.07. The first-order valence-electron chi connectivity index (χ1n) is 7.31. The zero-order valence-electron chi connectivity index (χ0n) is 12.4. The van der Waals surface area contributed by atoms with Crippen LogP contribution in [0.5, 0.6) is 0 Å². The molecule has 0 bridgehead atoms. The maximum Gasteiger partial charge on any atom is 0.407 e. The second-order valence-corrected chi connectivity index (χ2v) is 6.03. The van der Waals surface area contributed by atoms with Crippen molar-refractivity contribution in [3.05, 3.63) is 52.5 Å². The molecule has 0 saturated heterocycles. The van der Waals surface area contributed by atoms with E-state index in [0.717, 1.165) is 24.1 Å². The predicted molar refractivity (Wildman–Crippen MR) is 87.7 cm³/mol. The van der Waals surface area contributed by atoms with Gasteiger partial charge in [-0.3, -0.25) is 4.98 Å². The third kappa shape index (κ3) is 6.24. The number of nitrogens with two attached hydrogens (primary N) is 1. The summed E-state index contributed by atoms with van der Waals surface area (Å²) in [5, 5.41) is 2.73. The van der Waals surface area contributed by atoms with Crippen LogP contribution in [0.15, 0.2) is 42.0 Å². The van der Waals surface area contributed by atoms with E-state index in [9.17, 15) is 4.79 Å². The minimum atomic E-state index is -0.398. The number of carbonyl (C=O) groups is 1. The van der Waals surface area contributed by atoms with Gasteiger partial charge in [-0.2, -0.15) is 0 Å². The first kappa shape index (κ1) is 16.5. The molecule has 2 rings (SSSR count). The highest BCUT2D eigenvalue weighted by molar-refractivity contribution is 7.09. The number of hydrogen-bond acceptors (Lipinski definition) is 5. The Morgan fingerprint density at radius 1 is 1.36 bits per heavy atom. The number of hydrogen-bond donors (Lipinski definition) is 2. The van der Waals surface area contributed by atoms with Gasteiger partial charge < -0.3 is 15.8 Å². The molecular formula is C16H21N3O2S. The van der Waals surface area contributed by atoms with E-state index in [-0.39, 0.29) is 12.6 Å². The molecule has 0 saturated carbocycles. The summed E-state index contributed by atoms with van der Waals surface area (Å²) < 4.78 is 5.08. The van der Waals surface area contributed by atoms with Crippen LogP contribution in [-0.4, -0.2) is 23.7 Å². The van der Waals surface area contributed by atoms with Gasteiger partial charge in [-0.15, -0.1) is 11.3 Å².